The number of nitrogens with zero attached hydrogens (tertiary/aromatic N) is 1. The third-order valence-corrected chi connectivity index (χ3v) is 2.33. The molecule has 0 atom stereocenters. The summed E-state index contributed by atoms with van der Waals surface area (Å²) in [5, 5.41) is 0. The van der Waals surface area contributed by atoms with E-state index in [1.807, 2.05) is 30.5 Å². The molecule has 1 N–H and O–H groups in total. The minimum Gasteiger partial charge on any atom is -0.482 e. The monoisotopic (exact) mass is 220 g/mol. The molecule has 1 aromatic carbocycles. The standard InChI is InChI=1S/C11H12N2OS/c1-15-8-14-10-5-3-2-4-9(10)11-12-6-7-13-11/h2-7H,8H2,1H3,(H,12,13). The topological polar surface area (TPSA) is 37.9 Å². The van der Waals surface area contributed by atoms with Gasteiger partial charge in [0.25, 0.3) is 0 Å². The van der Waals surface area contributed by atoms with Crippen LogP contribution in [0.5, 0.6) is 5.75 Å². The van der Waals surface area contributed by atoms with E-state index in [9.17, 15) is 0 Å². The van der Waals surface area contributed by atoms with E-state index < -0.39 is 0 Å². The van der Waals surface area contributed by atoms with Crippen LogP contribution in [0.3, 0.4) is 0 Å². The zero-order valence-electron chi connectivity index (χ0n) is 8.43. The lowest BCUT2D eigenvalue weighted by molar-refractivity contribution is 0.395. The van der Waals surface area contributed by atoms with Gasteiger partial charge >= 0.3 is 0 Å². The summed E-state index contributed by atoms with van der Waals surface area (Å²) in [4.78, 5) is 7.29. The first-order valence-corrected chi connectivity index (χ1v) is 6.01. The normalized spacial score (nSPS) is 10.2. The SMILES string of the molecule is CSCOc1ccccc1-c1ncc[nH]1. The van der Waals surface area contributed by atoms with Crippen LogP contribution in [0.2, 0.25) is 0 Å². The van der Waals surface area contributed by atoms with E-state index in [1.165, 1.54) is 0 Å². The van der Waals surface area contributed by atoms with Crippen molar-refractivity contribution in [2.75, 3.05) is 12.2 Å². The molecule has 0 saturated heterocycles. The lowest BCUT2D eigenvalue weighted by Gasteiger charge is -2.08. The molecule has 1 heterocycles. The first kappa shape index (κ1) is 10.1. The van der Waals surface area contributed by atoms with Crippen LogP contribution in [0.15, 0.2) is 36.7 Å². The minimum atomic E-state index is 0.651. The Morgan fingerprint density at radius 3 is 3.00 bits per heavy atom. The summed E-state index contributed by atoms with van der Waals surface area (Å²) in [6.07, 6.45) is 5.55. The van der Waals surface area contributed by atoms with Crippen molar-refractivity contribution < 1.29 is 4.74 Å². The molecular formula is C11H12N2OS. The molecule has 0 spiro atoms. The number of H-pyrrole nitrogens is 1. The Bertz CT molecular complexity index is 414. The lowest BCUT2D eigenvalue weighted by Crippen LogP contribution is -1.94. The minimum absolute atomic E-state index is 0.651. The fraction of sp³-hybridized carbons (Fsp3) is 0.182. The van der Waals surface area contributed by atoms with E-state index in [0.29, 0.717) is 5.94 Å². The van der Waals surface area contributed by atoms with Crippen LogP contribution >= 0.6 is 11.8 Å². The first-order valence-electron chi connectivity index (χ1n) is 4.62. The Kier molecular flexibility index (Phi) is 3.29. The lowest BCUT2D eigenvalue weighted by atomic mass is 10.2. The molecule has 0 fully saturated rings. The highest BCUT2D eigenvalue weighted by molar-refractivity contribution is 7.98. The van der Waals surface area contributed by atoms with Crippen molar-refractivity contribution in [2.24, 2.45) is 0 Å². The molecule has 2 aromatic rings. The average Bonchev–Trinajstić information content (AvgIpc) is 2.80. The molecule has 15 heavy (non-hydrogen) atoms. The second-order valence-corrected chi connectivity index (χ2v) is 3.80. The van der Waals surface area contributed by atoms with E-state index in [4.69, 9.17) is 4.74 Å². The van der Waals surface area contributed by atoms with Gasteiger partial charge in [0, 0.05) is 12.4 Å². The molecule has 0 bridgehead atoms. The second-order valence-electron chi connectivity index (χ2n) is 2.98. The quantitative estimate of drug-likeness (QED) is 0.805. The van der Waals surface area contributed by atoms with E-state index in [2.05, 4.69) is 9.97 Å². The summed E-state index contributed by atoms with van der Waals surface area (Å²) < 4.78 is 5.61. The van der Waals surface area contributed by atoms with Crippen LogP contribution in [-0.4, -0.2) is 22.2 Å². The number of imidazole rings is 1. The van der Waals surface area contributed by atoms with Crippen molar-refractivity contribution in [3.8, 4) is 17.1 Å². The molecule has 0 unspecified atom stereocenters. The van der Waals surface area contributed by atoms with Gasteiger partial charge in [-0.1, -0.05) is 12.1 Å². The smallest absolute Gasteiger partial charge is 0.141 e. The van der Waals surface area contributed by atoms with Crippen molar-refractivity contribution in [3.63, 3.8) is 0 Å². The third kappa shape index (κ3) is 2.33. The zero-order chi connectivity index (χ0) is 10.5. The van der Waals surface area contributed by atoms with E-state index >= 15 is 0 Å². The van der Waals surface area contributed by atoms with Gasteiger partial charge in [-0.05, 0) is 18.4 Å². The predicted molar refractivity (Wildman–Crippen MR) is 63.0 cm³/mol. The molecule has 0 aliphatic heterocycles. The summed E-state index contributed by atoms with van der Waals surface area (Å²) in [6, 6.07) is 7.88. The van der Waals surface area contributed by atoms with Crippen LogP contribution in [-0.2, 0) is 0 Å². The van der Waals surface area contributed by atoms with Gasteiger partial charge < -0.3 is 9.72 Å². The van der Waals surface area contributed by atoms with E-state index in [-0.39, 0.29) is 0 Å². The number of hydrogen-bond donors (Lipinski definition) is 1. The maximum Gasteiger partial charge on any atom is 0.141 e. The zero-order valence-corrected chi connectivity index (χ0v) is 9.25. The number of para-hydroxylation sites is 1. The highest BCUT2D eigenvalue weighted by atomic mass is 32.2. The number of ether oxygens (including phenoxy) is 1. The Balaban J connectivity index is 2.30. The van der Waals surface area contributed by atoms with Gasteiger partial charge in [0.15, 0.2) is 0 Å². The van der Waals surface area contributed by atoms with Gasteiger partial charge in [0.2, 0.25) is 0 Å². The largest absolute Gasteiger partial charge is 0.482 e. The van der Waals surface area contributed by atoms with Crippen molar-refractivity contribution in [3.05, 3.63) is 36.7 Å². The van der Waals surface area contributed by atoms with Crippen molar-refractivity contribution in [2.45, 2.75) is 0 Å². The maximum absolute atomic E-state index is 5.61. The van der Waals surface area contributed by atoms with Crippen molar-refractivity contribution >= 4 is 11.8 Å². The number of aromatic amines is 1. The maximum atomic E-state index is 5.61. The Morgan fingerprint density at radius 2 is 2.27 bits per heavy atom. The summed E-state index contributed by atoms with van der Waals surface area (Å²) in [5.41, 5.74) is 0.997. The van der Waals surface area contributed by atoms with Gasteiger partial charge in [-0.25, -0.2) is 4.98 Å². The number of hydrogen-bond acceptors (Lipinski definition) is 3. The summed E-state index contributed by atoms with van der Waals surface area (Å²) in [6.45, 7) is 0. The van der Waals surface area contributed by atoms with Crippen LogP contribution in [0, 0.1) is 0 Å². The molecule has 3 nitrogen and oxygen atoms in total. The van der Waals surface area contributed by atoms with Gasteiger partial charge in [0.1, 0.15) is 17.5 Å². The van der Waals surface area contributed by atoms with Crippen molar-refractivity contribution in [1.29, 1.82) is 0 Å². The Hall–Kier alpha value is -1.42. The second kappa shape index (κ2) is 4.89. The van der Waals surface area contributed by atoms with Crippen LogP contribution in [0.25, 0.3) is 11.4 Å². The van der Waals surface area contributed by atoms with Crippen LogP contribution in [0.1, 0.15) is 0 Å². The molecule has 0 saturated carbocycles. The Labute approximate surface area is 92.9 Å². The van der Waals surface area contributed by atoms with E-state index in [1.54, 1.807) is 24.2 Å². The number of benzene rings is 1. The summed E-state index contributed by atoms with van der Waals surface area (Å²) in [5.74, 6) is 2.35. The fourth-order valence-electron chi connectivity index (χ4n) is 1.32. The fourth-order valence-corrected chi connectivity index (χ4v) is 1.57. The Morgan fingerprint density at radius 1 is 1.40 bits per heavy atom. The molecule has 2 rings (SSSR count). The molecule has 4 heteroatoms. The molecule has 0 aliphatic carbocycles. The van der Waals surface area contributed by atoms with Crippen LogP contribution < -0.4 is 4.74 Å². The number of nitrogens with one attached hydrogen (secondary N) is 1. The first-order chi connectivity index (χ1) is 7.42. The predicted octanol–water partition coefficient (Wildman–Crippen LogP) is 2.78. The average molecular weight is 220 g/mol. The van der Waals surface area contributed by atoms with Gasteiger partial charge in [-0.15, -0.1) is 11.8 Å². The molecule has 0 amide bonds. The van der Waals surface area contributed by atoms with Gasteiger partial charge in [-0.3, -0.25) is 0 Å². The summed E-state index contributed by atoms with van der Waals surface area (Å²) in [7, 11) is 0. The number of thioether (sulfide) groups is 1. The van der Waals surface area contributed by atoms with Gasteiger partial charge in [0.05, 0.1) is 5.56 Å². The third-order valence-electron chi connectivity index (χ3n) is 1.97. The molecule has 0 aliphatic rings. The number of rotatable bonds is 4. The molecule has 0 radical (unpaired) electrons. The number of aromatic nitrogens is 2. The molecular weight excluding hydrogens is 208 g/mol. The van der Waals surface area contributed by atoms with E-state index in [0.717, 1.165) is 17.1 Å². The van der Waals surface area contributed by atoms with Gasteiger partial charge in [-0.2, -0.15) is 0 Å². The highest BCUT2D eigenvalue weighted by Crippen LogP contribution is 2.27. The summed E-state index contributed by atoms with van der Waals surface area (Å²) >= 11 is 1.65. The van der Waals surface area contributed by atoms with Crippen molar-refractivity contribution in [1.82, 2.24) is 9.97 Å². The molecule has 78 valence electrons. The molecule has 1 aromatic heterocycles. The highest BCUT2D eigenvalue weighted by Gasteiger charge is 2.06. The van der Waals surface area contributed by atoms with Crippen LogP contribution in [0.4, 0.5) is 0 Å².